The number of carbonyl (C=O) groups excluding carboxylic acids is 1. The molecule has 0 spiro atoms. The highest BCUT2D eigenvalue weighted by molar-refractivity contribution is 6.30. The fraction of sp³-hybridized carbons (Fsp3) is 0.462. The van der Waals surface area contributed by atoms with E-state index in [0.29, 0.717) is 23.1 Å². The second-order valence-electron chi connectivity index (χ2n) is 4.09. The zero-order valence-corrected chi connectivity index (χ0v) is 10.4. The van der Waals surface area contributed by atoms with Crippen LogP contribution in [0.25, 0.3) is 0 Å². The van der Waals surface area contributed by atoms with Gasteiger partial charge in [-0.15, -0.1) is 0 Å². The van der Waals surface area contributed by atoms with Gasteiger partial charge in [-0.2, -0.15) is 0 Å². The lowest BCUT2D eigenvalue weighted by molar-refractivity contribution is 0.0494. The Labute approximate surface area is 102 Å². The van der Waals surface area contributed by atoms with Crippen molar-refractivity contribution in [3.05, 3.63) is 34.9 Å². The molecule has 0 saturated heterocycles. The predicted octanol–water partition coefficient (Wildman–Crippen LogP) is 3.73. The fourth-order valence-electron chi connectivity index (χ4n) is 1.29. The van der Waals surface area contributed by atoms with E-state index in [1.807, 2.05) is 0 Å². The summed E-state index contributed by atoms with van der Waals surface area (Å²) in [6.07, 6.45) is 1.95. The summed E-state index contributed by atoms with van der Waals surface area (Å²) in [4.78, 5) is 11.5. The van der Waals surface area contributed by atoms with Gasteiger partial charge in [0.2, 0.25) is 0 Å². The first kappa shape index (κ1) is 13.0. The first-order chi connectivity index (χ1) is 7.59. The molecule has 3 heteroatoms. The molecule has 1 radical (unpaired) electrons. The third-order valence-electron chi connectivity index (χ3n) is 2.14. The topological polar surface area (TPSA) is 26.3 Å². The van der Waals surface area contributed by atoms with E-state index in [1.54, 1.807) is 18.2 Å². The maximum atomic E-state index is 11.5. The van der Waals surface area contributed by atoms with Crippen LogP contribution in [0.1, 0.15) is 37.0 Å². The molecule has 1 rings (SSSR count). The van der Waals surface area contributed by atoms with Crippen LogP contribution < -0.4 is 0 Å². The molecule has 0 unspecified atom stereocenters. The monoisotopic (exact) mass is 239 g/mol. The number of esters is 1. The minimum atomic E-state index is -0.355. The van der Waals surface area contributed by atoms with Crippen LogP contribution in [0.4, 0.5) is 0 Å². The number of benzene rings is 1. The molecule has 0 N–H and O–H groups in total. The summed E-state index contributed by atoms with van der Waals surface area (Å²) in [7, 11) is 0. The van der Waals surface area contributed by atoms with Crippen molar-refractivity contribution < 1.29 is 9.53 Å². The maximum Gasteiger partial charge on any atom is 0.338 e. The van der Waals surface area contributed by atoms with Crippen LogP contribution in [-0.2, 0) is 4.74 Å². The molecule has 1 aromatic carbocycles. The van der Waals surface area contributed by atoms with Gasteiger partial charge >= 0.3 is 5.97 Å². The molecule has 0 amide bonds. The molecule has 0 aliphatic carbocycles. The second kappa shape index (κ2) is 6.54. The summed E-state index contributed by atoms with van der Waals surface area (Å²) < 4.78 is 5.10. The van der Waals surface area contributed by atoms with E-state index in [1.165, 1.54) is 0 Å². The zero-order chi connectivity index (χ0) is 12.0. The van der Waals surface area contributed by atoms with Gasteiger partial charge in [-0.3, -0.25) is 0 Å². The summed E-state index contributed by atoms with van der Waals surface area (Å²) >= 11 is 5.76. The van der Waals surface area contributed by atoms with Crippen molar-refractivity contribution in [3.8, 4) is 0 Å². The molecule has 16 heavy (non-hydrogen) atoms. The Morgan fingerprint density at radius 2 is 2.31 bits per heavy atom. The van der Waals surface area contributed by atoms with Crippen molar-refractivity contribution in [3.63, 3.8) is 0 Å². The second-order valence-corrected chi connectivity index (χ2v) is 4.53. The summed E-state index contributed by atoms with van der Waals surface area (Å²) in [5.74, 6) is 0.280. The molecule has 0 aliphatic rings. The number of rotatable bonds is 5. The molecule has 0 fully saturated rings. The third-order valence-corrected chi connectivity index (χ3v) is 2.38. The normalized spacial score (nSPS) is 10.5. The highest BCUT2D eigenvalue weighted by Crippen LogP contribution is 2.11. The zero-order valence-electron chi connectivity index (χ0n) is 9.63. The standard InChI is InChI=1S/C13H16ClO2/c1-10(2)5-4-8-16-13(15)11-6-3-7-12(14)9-11/h3,7,9-10H,4-5,8H2,1-2H3. The van der Waals surface area contributed by atoms with Crippen molar-refractivity contribution >= 4 is 17.6 Å². The lowest BCUT2D eigenvalue weighted by Gasteiger charge is -2.06. The van der Waals surface area contributed by atoms with Crippen LogP contribution in [0.2, 0.25) is 5.02 Å². The summed E-state index contributed by atoms with van der Waals surface area (Å²) in [6.45, 7) is 4.75. The van der Waals surface area contributed by atoms with Crippen LogP contribution in [0, 0.1) is 12.0 Å². The van der Waals surface area contributed by atoms with E-state index in [9.17, 15) is 4.79 Å². The van der Waals surface area contributed by atoms with E-state index in [2.05, 4.69) is 19.9 Å². The minimum Gasteiger partial charge on any atom is -0.462 e. The molecule has 87 valence electrons. The number of hydrogen-bond donors (Lipinski definition) is 0. The molecule has 2 nitrogen and oxygen atoms in total. The van der Waals surface area contributed by atoms with Gasteiger partial charge in [-0.05, 0) is 37.0 Å². The minimum absolute atomic E-state index is 0.355. The number of hydrogen-bond acceptors (Lipinski definition) is 2. The SMILES string of the molecule is CC(C)CCCOC(=O)c1[c]ccc(Cl)c1. The highest BCUT2D eigenvalue weighted by Gasteiger charge is 2.07. The van der Waals surface area contributed by atoms with Crippen LogP contribution in [-0.4, -0.2) is 12.6 Å². The first-order valence-corrected chi connectivity index (χ1v) is 5.81. The molecule has 0 bridgehead atoms. The van der Waals surface area contributed by atoms with Crippen molar-refractivity contribution in [2.24, 2.45) is 5.92 Å². The molecule has 0 heterocycles. The average molecular weight is 240 g/mol. The van der Waals surface area contributed by atoms with Gasteiger partial charge in [0.1, 0.15) is 0 Å². The van der Waals surface area contributed by atoms with Crippen molar-refractivity contribution in [2.75, 3.05) is 6.61 Å². The van der Waals surface area contributed by atoms with E-state index < -0.39 is 0 Å². The van der Waals surface area contributed by atoms with Gasteiger partial charge in [-0.1, -0.05) is 31.5 Å². The molecular weight excluding hydrogens is 224 g/mol. The maximum absolute atomic E-state index is 11.5. The molecule has 0 atom stereocenters. The van der Waals surface area contributed by atoms with E-state index in [-0.39, 0.29) is 5.97 Å². The van der Waals surface area contributed by atoms with E-state index in [4.69, 9.17) is 16.3 Å². The van der Waals surface area contributed by atoms with Gasteiger partial charge < -0.3 is 4.74 Å². The van der Waals surface area contributed by atoms with Crippen LogP contribution in [0.5, 0.6) is 0 Å². The van der Waals surface area contributed by atoms with Crippen LogP contribution in [0.3, 0.4) is 0 Å². The van der Waals surface area contributed by atoms with Gasteiger partial charge in [0, 0.05) is 5.02 Å². The smallest absolute Gasteiger partial charge is 0.338 e. The van der Waals surface area contributed by atoms with E-state index in [0.717, 1.165) is 12.8 Å². The molecule has 1 aromatic rings. The molecule has 0 aromatic heterocycles. The summed E-state index contributed by atoms with van der Waals surface area (Å²) in [5, 5.41) is 0.521. The van der Waals surface area contributed by atoms with Crippen LogP contribution in [0.15, 0.2) is 18.2 Å². The van der Waals surface area contributed by atoms with Crippen molar-refractivity contribution in [1.29, 1.82) is 0 Å². The Balaban J connectivity index is 2.35. The predicted molar refractivity (Wildman–Crippen MR) is 64.6 cm³/mol. The Kier molecular flexibility index (Phi) is 5.33. The Morgan fingerprint density at radius 3 is 2.94 bits per heavy atom. The van der Waals surface area contributed by atoms with Gasteiger partial charge in [-0.25, -0.2) is 4.79 Å². The van der Waals surface area contributed by atoms with Crippen molar-refractivity contribution in [1.82, 2.24) is 0 Å². The first-order valence-electron chi connectivity index (χ1n) is 5.44. The van der Waals surface area contributed by atoms with Gasteiger partial charge in [0.25, 0.3) is 0 Å². The van der Waals surface area contributed by atoms with E-state index >= 15 is 0 Å². The largest absolute Gasteiger partial charge is 0.462 e. The third kappa shape index (κ3) is 4.67. The molecular formula is C13H16ClO2. The molecule has 0 aliphatic heterocycles. The number of ether oxygens (including phenoxy) is 1. The summed E-state index contributed by atoms with van der Waals surface area (Å²) in [5.41, 5.74) is 0.386. The lowest BCUT2D eigenvalue weighted by atomic mass is 10.1. The van der Waals surface area contributed by atoms with Crippen molar-refractivity contribution in [2.45, 2.75) is 26.7 Å². The average Bonchev–Trinajstić information content (AvgIpc) is 2.24. The highest BCUT2D eigenvalue weighted by atomic mass is 35.5. The fourth-order valence-corrected chi connectivity index (χ4v) is 1.46. The van der Waals surface area contributed by atoms with Gasteiger partial charge in [0.15, 0.2) is 0 Å². The molecule has 0 saturated carbocycles. The van der Waals surface area contributed by atoms with Gasteiger partial charge in [0.05, 0.1) is 12.2 Å². The van der Waals surface area contributed by atoms with Crippen LogP contribution >= 0.6 is 11.6 Å². The lowest BCUT2D eigenvalue weighted by Crippen LogP contribution is -2.07. The quantitative estimate of drug-likeness (QED) is 0.578. The Morgan fingerprint density at radius 1 is 1.56 bits per heavy atom. The summed E-state index contributed by atoms with van der Waals surface area (Å²) in [6, 6.07) is 7.66. The Bertz CT molecular complexity index is 348. The number of halogens is 1. The number of carbonyl (C=O) groups is 1. The Hall–Kier alpha value is -1.02.